The van der Waals surface area contributed by atoms with E-state index < -0.39 is 12.1 Å². The number of carboxylic acid groups (broad SMARTS) is 1. The van der Waals surface area contributed by atoms with Crippen LogP contribution < -0.4 is 0 Å². The fraction of sp³-hybridized carbons (Fsp3) is 0.300. The zero-order chi connectivity index (χ0) is 9.84. The van der Waals surface area contributed by atoms with Crippen LogP contribution in [0.1, 0.15) is 11.1 Å². The van der Waals surface area contributed by atoms with Crippen LogP contribution in [0.3, 0.4) is 0 Å². The predicted octanol–water partition coefficient (Wildman–Crippen LogP) is 0.983. The second kappa shape index (κ2) is 4.05. The molecule has 0 aliphatic carbocycles. The van der Waals surface area contributed by atoms with Gasteiger partial charge in [0.05, 0.1) is 0 Å². The van der Waals surface area contributed by atoms with Crippen LogP contribution in [0.4, 0.5) is 0 Å². The van der Waals surface area contributed by atoms with Crippen LogP contribution in [0, 0.1) is 6.92 Å². The summed E-state index contributed by atoms with van der Waals surface area (Å²) in [4.78, 5) is 10.3. The van der Waals surface area contributed by atoms with Crippen molar-refractivity contribution in [2.45, 2.75) is 19.4 Å². The number of aliphatic hydroxyl groups excluding tert-OH is 1. The van der Waals surface area contributed by atoms with Crippen molar-refractivity contribution in [3.63, 3.8) is 0 Å². The molecule has 3 nitrogen and oxygen atoms in total. The van der Waals surface area contributed by atoms with Crippen LogP contribution in [-0.2, 0) is 11.2 Å². The first-order valence-electron chi connectivity index (χ1n) is 4.06. The van der Waals surface area contributed by atoms with Gasteiger partial charge >= 0.3 is 5.97 Å². The molecule has 0 heterocycles. The van der Waals surface area contributed by atoms with Crippen molar-refractivity contribution < 1.29 is 15.0 Å². The Bertz CT molecular complexity index is 307. The number of carbonyl (C=O) groups is 1. The van der Waals surface area contributed by atoms with Gasteiger partial charge in [-0.05, 0) is 12.5 Å². The predicted molar refractivity (Wildman–Crippen MR) is 48.5 cm³/mol. The van der Waals surface area contributed by atoms with Gasteiger partial charge in [-0.15, -0.1) is 0 Å². The molecule has 3 heteroatoms. The minimum Gasteiger partial charge on any atom is -0.479 e. The zero-order valence-electron chi connectivity index (χ0n) is 7.40. The van der Waals surface area contributed by atoms with Gasteiger partial charge in [0, 0.05) is 6.42 Å². The van der Waals surface area contributed by atoms with Crippen LogP contribution in [0.2, 0.25) is 0 Å². The third-order valence-corrected chi connectivity index (χ3v) is 1.80. The van der Waals surface area contributed by atoms with Crippen molar-refractivity contribution in [3.8, 4) is 0 Å². The molecular formula is C10H12O3. The second-order valence-electron chi connectivity index (χ2n) is 3.05. The maximum atomic E-state index is 10.3. The maximum absolute atomic E-state index is 10.3. The summed E-state index contributed by atoms with van der Waals surface area (Å²) in [6.07, 6.45) is -1.14. The largest absolute Gasteiger partial charge is 0.479 e. The van der Waals surface area contributed by atoms with Gasteiger partial charge in [-0.3, -0.25) is 0 Å². The lowest BCUT2D eigenvalue weighted by Crippen LogP contribution is -2.21. The summed E-state index contributed by atoms with van der Waals surface area (Å²) >= 11 is 0. The Balaban J connectivity index is 2.69. The molecule has 1 unspecified atom stereocenters. The fourth-order valence-corrected chi connectivity index (χ4v) is 1.15. The number of hydrogen-bond acceptors (Lipinski definition) is 2. The molecule has 0 spiro atoms. The van der Waals surface area contributed by atoms with Crippen molar-refractivity contribution in [1.29, 1.82) is 0 Å². The summed E-state index contributed by atoms with van der Waals surface area (Å²) in [5.41, 5.74) is 1.91. The normalized spacial score (nSPS) is 12.5. The Kier molecular flexibility index (Phi) is 3.03. The fourth-order valence-electron chi connectivity index (χ4n) is 1.15. The Labute approximate surface area is 76.6 Å². The van der Waals surface area contributed by atoms with Crippen LogP contribution in [0.25, 0.3) is 0 Å². The van der Waals surface area contributed by atoms with Crippen LogP contribution in [0.5, 0.6) is 0 Å². The molecule has 0 aliphatic rings. The molecule has 0 amide bonds. The highest BCUT2D eigenvalue weighted by Gasteiger charge is 2.13. The third kappa shape index (κ3) is 2.87. The molecule has 70 valence electrons. The molecule has 0 radical (unpaired) electrons. The summed E-state index contributed by atoms with van der Waals surface area (Å²) in [5.74, 6) is -1.18. The summed E-state index contributed by atoms with van der Waals surface area (Å²) in [5, 5.41) is 17.5. The molecule has 0 saturated heterocycles. The molecule has 0 aliphatic heterocycles. The van der Waals surface area contributed by atoms with Crippen molar-refractivity contribution in [2.75, 3.05) is 0 Å². The SMILES string of the molecule is Cc1cccc(CC(O)C(=O)O)c1. The topological polar surface area (TPSA) is 57.5 Å². The smallest absolute Gasteiger partial charge is 0.332 e. The second-order valence-corrected chi connectivity index (χ2v) is 3.05. The van der Waals surface area contributed by atoms with E-state index in [1.54, 1.807) is 6.07 Å². The van der Waals surface area contributed by atoms with Gasteiger partial charge < -0.3 is 10.2 Å². The number of benzene rings is 1. The number of hydrogen-bond donors (Lipinski definition) is 2. The first-order chi connectivity index (χ1) is 6.09. The standard InChI is InChI=1S/C10H12O3/c1-7-3-2-4-8(5-7)6-9(11)10(12)13/h2-5,9,11H,6H2,1H3,(H,12,13). The summed E-state index contributed by atoms with van der Waals surface area (Å²) < 4.78 is 0. The van der Waals surface area contributed by atoms with E-state index in [1.165, 1.54) is 0 Å². The zero-order valence-corrected chi connectivity index (χ0v) is 7.40. The molecule has 1 aromatic carbocycles. The third-order valence-electron chi connectivity index (χ3n) is 1.80. The van der Waals surface area contributed by atoms with Crippen LogP contribution in [-0.4, -0.2) is 22.3 Å². The van der Waals surface area contributed by atoms with E-state index in [4.69, 9.17) is 10.2 Å². The van der Waals surface area contributed by atoms with Gasteiger partial charge in [0.25, 0.3) is 0 Å². The van der Waals surface area contributed by atoms with Gasteiger partial charge in [0.1, 0.15) is 0 Å². The van der Waals surface area contributed by atoms with Gasteiger partial charge in [-0.25, -0.2) is 4.79 Å². The molecule has 0 bridgehead atoms. The Morgan fingerprint density at radius 2 is 2.23 bits per heavy atom. The number of carboxylic acids is 1. The number of rotatable bonds is 3. The van der Waals surface area contributed by atoms with Crippen molar-refractivity contribution in [3.05, 3.63) is 35.4 Å². The molecule has 2 N–H and O–H groups in total. The maximum Gasteiger partial charge on any atom is 0.332 e. The summed E-state index contributed by atoms with van der Waals surface area (Å²) in [7, 11) is 0. The highest BCUT2D eigenvalue weighted by atomic mass is 16.4. The van der Waals surface area contributed by atoms with Gasteiger partial charge in [-0.1, -0.05) is 29.8 Å². The molecule has 0 fully saturated rings. The molecular weight excluding hydrogens is 168 g/mol. The minimum absolute atomic E-state index is 0.164. The van der Waals surface area contributed by atoms with Crippen molar-refractivity contribution in [2.24, 2.45) is 0 Å². The Hall–Kier alpha value is -1.35. The number of aliphatic carboxylic acids is 1. The minimum atomic E-state index is -1.30. The Morgan fingerprint density at radius 3 is 2.77 bits per heavy atom. The highest BCUT2D eigenvalue weighted by Crippen LogP contribution is 2.06. The number of aliphatic hydroxyl groups is 1. The lowest BCUT2D eigenvalue weighted by atomic mass is 10.1. The van der Waals surface area contributed by atoms with Gasteiger partial charge in [0.15, 0.2) is 6.10 Å². The van der Waals surface area contributed by atoms with E-state index >= 15 is 0 Å². The average molecular weight is 180 g/mol. The molecule has 1 atom stereocenters. The Morgan fingerprint density at radius 1 is 1.54 bits per heavy atom. The van der Waals surface area contributed by atoms with E-state index in [9.17, 15) is 4.79 Å². The van der Waals surface area contributed by atoms with E-state index in [0.717, 1.165) is 11.1 Å². The van der Waals surface area contributed by atoms with Crippen LogP contribution >= 0.6 is 0 Å². The van der Waals surface area contributed by atoms with Crippen LogP contribution in [0.15, 0.2) is 24.3 Å². The monoisotopic (exact) mass is 180 g/mol. The first kappa shape index (κ1) is 9.74. The quantitative estimate of drug-likeness (QED) is 0.729. The molecule has 13 heavy (non-hydrogen) atoms. The van der Waals surface area contributed by atoms with E-state index in [2.05, 4.69) is 0 Å². The highest BCUT2D eigenvalue weighted by molar-refractivity contribution is 5.72. The number of aryl methyl sites for hydroxylation is 1. The lowest BCUT2D eigenvalue weighted by Gasteiger charge is -2.05. The average Bonchev–Trinajstić information content (AvgIpc) is 2.04. The van der Waals surface area contributed by atoms with E-state index in [-0.39, 0.29) is 6.42 Å². The lowest BCUT2D eigenvalue weighted by molar-refractivity contribution is -0.146. The van der Waals surface area contributed by atoms with E-state index in [0.29, 0.717) is 0 Å². The molecule has 1 rings (SSSR count). The molecule has 0 aromatic heterocycles. The van der Waals surface area contributed by atoms with Crippen molar-refractivity contribution >= 4 is 5.97 Å². The van der Waals surface area contributed by atoms with Crippen molar-refractivity contribution in [1.82, 2.24) is 0 Å². The van der Waals surface area contributed by atoms with E-state index in [1.807, 2.05) is 25.1 Å². The summed E-state index contributed by atoms with van der Waals surface area (Å²) in [6.45, 7) is 1.93. The molecule has 0 saturated carbocycles. The molecule has 1 aromatic rings. The first-order valence-corrected chi connectivity index (χ1v) is 4.06. The summed E-state index contributed by atoms with van der Waals surface area (Å²) in [6, 6.07) is 7.45. The van der Waals surface area contributed by atoms with Gasteiger partial charge in [0.2, 0.25) is 0 Å². The van der Waals surface area contributed by atoms with Gasteiger partial charge in [-0.2, -0.15) is 0 Å².